The van der Waals surface area contributed by atoms with Crippen LogP contribution in [0.3, 0.4) is 0 Å². The Balaban J connectivity index is 2.13. The summed E-state index contributed by atoms with van der Waals surface area (Å²) in [7, 11) is 3.39. The molecule has 0 fully saturated rings. The van der Waals surface area contributed by atoms with Gasteiger partial charge in [0, 0.05) is 30.4 Å². The van der Waals surface area contributed by atoms with Gasteiger partial charge in [0.25, 0.3) is 0 Å². The molecule has 24 heavy (non-hydrogen) atoms. The van der Waals surface area contributed by atoms with Crippen molar-refractivity contribution >= 4 is 52.0 Å². The minimum absolute atomic E-state index is 0.330. The monoisotopic (exact) mass is 386 g/mol. The van der Waals surface area contributed by atoms with Gasteiger partial charge in [-0.1, -0.05) is 35.1 Å². The number of thioether (sulfide) groups is 2. The molecule has 0 aromatic heterocycles. The maximum atomic E-state index is 14.0. The van der Waals surface area contributed by atoms with Crippen LogP contribution in [0.2, 0.25) is 5.02 Å². The Labute approximate surface area is 153 Å². The van der Waals surface area contributed by atoms with Crippen molar-refractivity contribution in [3.05, 3.63) is 44.7 Å². The third kappa shape index (κ3) is 4.52. The van der Waals surface area contributed by atoms with Gasteiger partial charge in [-0.05, 0) is 24.6 Å². The largest absolute Gasteiger partial charge is 0.313 e. The Kier molecular flexibility index (Phi) is 6.70. The molecular weight excluding hydrogens is 371 g/mol. The average molecular weight is 387 g/mol. The highest BCUT2D eigenvalue weighted by Crippen LogP contribution is 2.34. The molecular formula is C15H16ClFN4OS2. The number of hydrazone groups is 2. The number of hydrogen-bond donors (Lipinski definition) is 1. The van der Waals surface area contributed by atoms with E-state index in [-0.39, 0.29) is 5.82 Å². The zero-order valence-corrected chi connectivity index (χ0v) is 15.7. The van der Waals surface area contributed by atoms with Crippen molar-refractivity contribution in [1.82, 2.24) is 10.4 Å². The second-order valence-electron chi connectivity index (χ2n) is 4.84. The van der Waals surface area contributed by atoms with Crippen LogP contribution in [-0.2, 0) is 10.5 Å². The molecule has 0 saturated carbocycles. The van der Waals surface area contributed by atoms with Crippen LogP contribution < -0.4 is 5.43 Å². The fourth-order valence-corrected chi connectivity index (χ4v) is 4.44. The minimum atomic E-state index is -0.338. The van der Waals surface area contributed by atoms with E-state index in [0.29, 0.717) is 31.3 Å². The Hall–Kier alpha value is -1.51. The van der Waals surface area contributed by atoms with Crippen molar-refractivity contribution in [3.63, 3.8) is 0 Å². The summed E-state index contributed by atoms with van der Waals surface area (Å²) in [5.41, 5.74) is 4.42. The zero-order valence-electron chi connectivity index (χ0n) is 13.3. The normalized spacial score (nSPS) is 15.0. The van der Waals surface area contributed by atoms with Crippen LogP contribution in [0.25, 0.3) is 0 Å². The molecule has 0 spiro atoms. The molecule has 0 amide bonds. The number of nitrogens with one attached hydrogen (secondary N) is 1. The Bertz CT molecular complexity index is 713. The van der Waals surface area contributed by atoms with Crippen LogP contribution >= 0.6 is 35.1 Å². The summed E-state index contributed by atoms with van der Waals surface area (Å²) in [6.45, 7) is 1.79. The summed E-state index contributed by atoms with van der Waals surface area (Å²) in [6.07, 6.45) is 2.28. The highest BCUT2D eigenvalue weighted by molar-refractivity contribution is 8.40. The van der Waals surface area contributed by atoms with Gasteiger partial charge in [-0.3, -0.25) is 9.80 Å². The second kappa shape index (κ2) is 8.55. The summed E-state index contributed by atoms with van der Waals surface area (Å²) in [5, 5.41) is 10.2. The van der Waals surface area contributed by atoms with E-state index in [4.69, 9.17) is 11.6 Å². The smallest absolute Gasteiger partial charge is 0.159 e. The van der Waals surface area contributed by atoms with Gasteiger partial charge >= 0.3 is 0 Å². The van der Waals surface area contributed by atoms with Gasteiger partial charge in [-0.25, -0.2) is 4.39 Å². The van der Waals surface area contributed by atoms with Gasteiger partial charge < -0.3 is 5.43 Å². The van der Waals surface area contributed by atoms with E-state index in [2.05, 4.69) is 15.6 Å². The first kappa shape index (κ1) is 18.8. The lowest BCUT2D eigenvalue weighted by Crippen LogP contribution is -2.20. The summed E-state index contributed by atoms with van der Waals surface area (Å²) >= 11 is 8.67. The highest BCUT2D eigenvalue weighted by Gasteiger charge is 2.21. The number of hydrogen-bond acceptors (Lipinski definition) is 7. The van der Waals surface area contributed by atoms with Crippen molar-refractivity contribution in [2.45, 2.75) is 12.7 Å². The fraction of sp³-hybridized carbons (Fsp3) is 0.267. The molecule has 5 nitrogen and oxygen atoms in total. The van der Waals surface area contributed by atoms with Gasteiger partial charge in [0.15, 0.2) is 10.7 Å². The number of aldehydes is 1. The molecule has 0 unspecified atom stereocenters. The zero-order chi connectivity index (χ0) is 17.7. The van der Waals surface area contributed by atoms with Crippen LogP contribution in [0.4, 0.5) is 4.39 Å². The van der Waals surface area contributed by atoms with Gasteiger partial charge in [-0.2, -0.15) is 10.2 Å². The molecule has 1 aliphatic heterocycles. The number of aryl methyl sites for hydroxylation is 1. The van der Waals surface area contributed by atoms with E-state index in [9.17, 15) is 9.18 Å². The van der Waals surface area contributed by atoms with Crippen molar-refractivity contribution in [1.29, 1.82) is 0 Å². The Morgan fingerprint density at radius 3 is 2.92 bits per heavy atom. The summed E-state index contributed by atoms with van der Waals surface area (Å²) < 4.78 is 14.7. The molecule has 0 atom stereocenters. The number of benzene rings is 1. The van der Waals surface area contributed by atoms with E-state index in [0.717, 1.165) is 11.8 Å². The molecule has 0 radical (unpaired) electrons. The molecule has 0 saturated heterocycles. The van der Waals surface area contributed by atoms with Gasteiger partial charge in [0.05, 0.1) is 16.8 Å². The highest BCUT2D eigenvalue weighted by atomic mass is 35.5. The number of carbonyl (C=O) groups is 1. The quantitative estimate of drug-likeness (QED) is 0.476. The maximum Gasteiger partial charge on any atom is 0.159 e. The molecule has 0 bridgehead atoms. The Morgan fingerprint density at radius 1 is 1.54 bits per heavy atom. The van der Waals surface area contributed by atoms with Crippen LogP contribution in [0.5, 0.6) is 0 Å². The molecule has 2 rings (SSSR count). The molecule has 0 aliphatic carbocycles. The lowest BCUT2D eigenvalue weighted by Gasteiger charge is -2.22. The average Bonchev–Trinajstić information content (AvgIpc) is 2.52. The standard InChI is InChI=1S/C15H16ClFN4OS2/c1-9-4-11(16)10(12(17)5-9)8-23-15-20-21(3)13(6-19-18-2)14(7-22)24-15/h4-7,18H,8H2,1-3H3/b19-6-. The molecule has 1 heterocycles. The molecule has 1 aromatic carbocycles. The first-order valence-corrected chi connectivity index (χ1v) is 9.11. The number of rotatable bonds is 5. The summed E-state index contributed by atoms with van der Waals surface area (Å²) in [5.74, 6) is -0.00767. The second-order valence-corrected chi connectivity index (χ2v) is 7.50. The lowest BCUT2D eigenvalue weighted by atomic mass is 10.1. The van der Waals surface area contributed by atoms with Crippen LogP contribution in [0.1, 0.15) is 11.1 Å². The van der Waals surface area contributed by atoms with Crippen molar-refractivity contribution in [2.75, 3.05) is 14.1 Å². The van der Waals surface area contributed by atoms with Crippen molar-refractivity contribution < 1.29 is 9.18 Å². The topological polar surface area (TPSA) is 57.1 Å². The molecule has 128 valence electrons. The third-order valence-corrected chi connectivity index (χ3v) is 5.56. The van der Waals surface area contributed by atoms with Crippen LogP contribution in [-0.4, -0.2) is 36.0 Å². The third-order valence-electron chi connectivity index (χ3n) is 3.08. The predicted molar refractivity (Wildman–Crippen MR) is 101 cm³/mol. The first-order valence-electron chi connectivity index (χ1n) is 6.93. The summed E-state index contributed by atoms with van der Waals surface area (Å²) in [4.78, 5) is 11.8. The Morgan fingerprint density at radius 2 is 2.29 bits per heavy atom. The molecule has 1 N–H and O–H groups in total. The fourth-order valence-electron chi connectivity index (χ4n) is 1.92. The van der Waals surface area contributed by atoms with Crippen LogP contribution in [0.15, 0.2) is 32.9 Å². The number of allylic oxidation sites excluding steroid dienone is 2. The molecule has 1 aromatic rings. The SMILES string of the molecule is CN/N=C\C1=C(C=O)SC(SCc2c(F)cc(C)cc2Cl)=NN1C. The number of nitrogens with zero attached hydrogens (tertiary/aromatic N) is 3. The first-order chi connectivity index (χ1) is 11.5. The predicted octanol–water partition coefficient (Wildman–Crippen LogP) is 3.59. The van der Waals surface area contributed by atoms with E-state index < -0.39 is 0 Å². The van der Waals surface area contributed by atoms with E-state index >= 15 is 0 Å². The minimum Gasteiger partial charge on any atom is -0.313 e. The lowest BCUT2D eigenvalue weighted by molar-refractivity contribution is -0.104. The van der Waals surface area contributed by atoms with Crippen molar-refractivity contribution in [2.24, 2.45) is 10.2 Å². The van der Waals surface area contributed by atoms with Gasteiger partial charge in [0.1, 0.15) is 5.82 Å². The number of carbonyl (C=O) groups excluding carboxylic acids is 1. The van der Waals surface area contributed by atoms with E-state index in [1.807, 2.05) is 0 Å². The molecule has 9 heteroatoms. The van der Waals surface area contributed by atoms with Crippen molar-refractivity contribution in [3.8, 4) is 0 Å². The van der Waals surface area contributed by atoms with Gasteiger partial charge in [0.2, 0.25) is 0 Å². The summed E-state index contributed by atoms with van der Waals surface area (Å²) in [6, 6.07) is 3.18. The van der Waals surface area contributed by atoms with E-state index in [1.165, 1.54) is 35.8 Å². The van der Waals surface area contributed by atoms with Crippen LogP contribution in [0, 0.1) is 12.7 Å². The van der Waals surface area contributed by atoms with E-state index in [1.54, 1.807) is 32.1 Å². The number of halogens is 2. The maximum absolute atomic E-state index is 14.0. The van der Waals surface area contributed by atoms with Gasteiger partial charge in [-0.15, -0.1) is 0 Å². The molecule has 1 aliphatic rings.